The standard InChI is InChI=1S/C26H25N7OS/c1-17-13-21(14-18(2)29-17)24-23(20-6-3-5-19(15-20)16-27)30-25(35-24)31-26(34)32-11-7-22(8-12-32)33-10-4-9-28-33/h3-6,9-10,13-15,22H,7-8,11-12H2,1-2H3,(H,30,31,34). The van der Waals surface area contributed by atoms with Gasteiger partial charge in [-0.1, -0.05) is 23.5 Å². The van der Waals surface area contributed by atoms with Gasteiger partial charge in [0.2, 0.25) is 0 Å². The van der Waals surface area contributed by atoms with E-state index < -0.39 is 0 Å². The van der Waals surface area contributed by atoms with Crippen molar-refractivity contribution in [1.29, 1.82) is 5.26 Å². The molecule has 35 heavy (non-hydrogen) atoms. The van der Waals surface area contributed by atoms with Crippen molar-refractivity contribution in [3.8, 4) is 27.8 Å². The molecule has 0 aliphatic carbocycles. The number of anilines is 1. The Morgan fingerprint density at radius 3 is 2.54 bits per heavy atom. The summed E-state index contributed by atoms with van der Waals surface area (Å²) in [4.78, 5) is 25.1. The van der Waals surface area contributed by atoms with Gasteiger partial charge in [-0.05, 0) is 62.6 Å². The summed E-state index contributed by atoms with van der Waals surface area (Å²) in [7, 11) is 0. The molecule has 1 aliphatic rings. The van der Waals surface area contributed by atoms with Gasteiger partial charge in [-0.2, -0.15) is 10.4 Å². The van der Waals surface area contributed by atoms with Crippen molar-refractivity contribution < 1.29 is 4.79 Å². The van der Waals surface area contributed by atoms with Crippen LogP contribution in [0.4, 0.5) is 9.93 Å². The number of carbonyl (C=O) groups excluding carboxylic acids is 1. The lowest BCUT2D eigenvalue weighted by molar-refractivity contribution is 0.180. The van der Waals surface area contributed by atoms with Crippen molar-refractivity contribution in [2.45, 2.75) is 32.7 Å². The first-order chi connectivity index (χ1) is 17.0. The fourth-order valence-electron chi connectivity index (χ4n) is 4.47. The van der Waals surface area contributed by atoms with Gasteiger partial charge in [0.1, 0.15) is 0 Å². The molecule has 0 bridgehead atoms. The molecule has 1 N–H and O–H groups in total. The van der Waals surface area contributed by atoms with E-state index in [-0.39, 0.29) is 6.03 Å². The number of aryl methyl sites for hydroxylation is 2. The maximum Gasteiger partial charge on any atom is 0.323 e. The van der Waals surface area contributed by atoms with Gasteiger partial charge in [-0.3, -0.25) is 15.0 Å². The zero-order chi connectivity index (χ0) is 24.4. The van der Waals surface area contributed by atoms with Gasteiger partial charge in [0.05, 0.1) is 28.2 Å². The van der Waals surface area contributed by atoms with Crippen LogP contribution in [0.5, 0.6) is 0 Å². The van der Waals surface area contributed by atoms with E-state index in [0.29, 0.717) is 29.8 Å². The van der Waals surface area contributed by atoms with E-state index >= 15 is 0 Å². The predicted octanol–water partition coefficient (Wildman–Crippen LogP) is 5.43. The Kier molecular flexibility index (Phi) is 6.29. The number of amides is 2. The highest BCUT2D eigenvalue weighted by Crippen LogP contribution is 2.40. The maximum absolute atomic E-state index is 13.1. The van der Waals surface area contributed by atoms with E-state index in [1.807, 2.05) is 66.0 Å². The maximum atomic E-state index is 13.1. The molecular formula is C26H25N7OS. The number of piperidine rings is 1. The lowest BCUT2D eigenvalue weighted by Crippen LogP contribution is -2.41. The number of likely N-dealkylation sites (tertiary alicyclic amines) is 1. The molecule has 1 saturated heterocycles. The largest absolute Gasteiger partial charge is 0.324 e. The quantitative estimate of drug-likeness (QED) is 0.417. The number of carbonyl (C=O) groups is 1. The summed E-state index contributed by atoms with van der Waals surface area (Å²) >= 11 is 1.43. The first kappa shape index (κ1) is 22.7. The van der Waals surface area contributed by atoms with Crippen LogP contribution in [0.2, 0.25) is 0 Å². The number of benzene rings is 1. The second-order valence-electron chi connectivity index (χ2n) is 8.66. The molecule has 9 heteroatoms. The number of hydrogen-bond acceptors (Lipinski definition) is 6. The number of aromatic nitrogens is 4. The third-order valence-corrected chi connectivity index (χ3v) is 7.12. The van der Waals surface area contributed by atoms with Gasteiger partial charge in [-0.25, -0.2) is 9.78 Å². The van der Waals surface area contributed by atoms with Gasteiger partial charge >= 0.3 is 6.03 Å². The van der Waals surface area contributed by atoms with Crippen molar-refractivity contribution in [2.75, 3.05) is 18.4 Å². The molecule has 1 aromatic carbocycles. The van der Waals surface area contributed by atoms with Crippen LogP contribution in [0.25, 0.3) is 21.7 Å². The molecule has 1 aliphatic heterocycles. The van der Waals surface area contributed by atoms with Crippen molar-refractivity contribution in [1.82, 2.24) is 24.6 Å². The molecule has 4 aromatic rings. The van der Waals surface area contributed by atoms with Crippen LogP contribution in [0, 0.1) is 25.2 Å². The first-order valence-electron chi connectivity index (χ1n) is 11.5. The monoisotopic (exact) mass is 483 g/mol. The fraction of sp³-hybridized carbons (Fsp3) is 0.269. The minimum absolute atomic E-state index is 0.149. The lowest BCUT2D eigenvalue weighted by Gasteiger charge is -2.31. The highest BCUT2D eigenvalue weighted by Gasteiger charge is 2.25. The predicted molar refractivity (Wildman–Crippen MR) is 136 cm³/mol. The topological polar surface area (TPSA) is 99.7 Å². The summed E-state index contributed by atoms with van der Waals surface area (Å²) in [5, 5.41) is 17.3. The Bertz CT molecular complexity index is 1380. The van der Waals surface area contributed by atoms with E-state index in [4.69, 9.17) is 4.98 Å². The summed E-state index contributed by atoms with van der Waals surface area (Å²) < 4.78 is 1.97. The summed E-state index contributed by atoms with van der Waals surface area (Å²) in [6.45, 7) is 5.24. The molecule has 176 valence electrons. The van der Waals surface area contributed by atoms with Gasteiger partial charge in [0.25, 0.3) is 0 Å². The van der Waals surface area contributed by atoms with E-state index in [0.717, 1.165) is 45.9 Å². The van der Waals surface area contributed by atoms with Gasteiger partial charge in [-0.15, -0.1) is 0 Å². The van der Waals surface area contributed by atoms with Crippen LogP contribution < -0.4 is 5.32 Å². The number of nitrogens with zero attached hydrogens (tertiary/aromatic N) is 6. The molecule has 3 aromatic heterocycles. The fourth-order valence-corrected chi connectivity index (χ4v) is 5.43. The number of nitriles is 1. The second-order valence-corrected chi connectivity index (χ2v) is 9.66. The Morgan fingerprint density at radius 1 is 1.09 bits per heavy atom. The van der Waals surface area contributed by atoms with Crippen LogP contribution >= 0.6 is 11.3 Å². The molecule has 0 saturated carbocycles. The molecular weight excluding hydrogens is 458 g/mol. The minimum Gasteiger partial charge on any atom is -0.324 e. The van der Waals surface area contributed by atoms with Crippen LogP contribution in [-0.4, -0.2) is 43.8 Å². The van der Waals surface area contributed by atoms with Gasteiger partial charge in [0, 0.05) is 42.4 Å². The summed E-state index contributed by atoms with van der Waals surface area (Å²) in [6, 6.07) is 15.7. The van der Waals surface area contributed by atoms with Gasteiger partial charge < -0.3 is 4.90 Å². The third kappa shape index (κ3) is 4.93. The van der Waals surface area contributed by atoms with E-state index in [2.05, 4.69) is 21.5 Å². The molecule has 5 rings (SSSR count). The van der Waals surface area contributed by atoms with E-state index in [9.17, 15) is 10.1 Å². The Labute approximate surface area is 207 Å². The highest BCUT2D eigenvalue weighted by atomic mass is 32.1. The Hall–Kier alpha value is -4.03. The average Bonchev–Trinajstić information content (AvgIpc) is 3.54. The number of thiazole rings is 1. The van der Waals surface area contributed by atoms with E-state index in [1.165, 1.54) is 11.3 Å². The number of nitrogens with one attached hydrogen (secondary N) is 1. The molecule has 1 fully saturated rings. The summed E-state index contributed by atoms with van der Waals surface area (Å²) in [6.07, 6.45) is 5.48. The number of urea groups is 1. The van der Waals surface area contributed by atoms with Crippen LogP contribution in [-0.2, 0) is 0 Å². The molecule has 8 nitrogen and oxygen atoms in total. The van der Waals surface area contributed by atoms with E-state index in [1.54, 1.807) is 12.3 Å². The number of rotatable bonds is 4. The third-order valence-electron chi connectivity index (χ3n) is 6.10. The second kappa shape index (κ2) is 9.68. The number of pyridine rings is 1. The molecule has 2 amide bonds. The van der Waals surface area contributed by atoms with Crippen LogP contribution in [0.1, 0.15) is 35.8 Å². The zero-order valence-corrected chi connectivity index (χ0v) is 20.4. The zero-order valence-electron chi connectivity index (χ0n) is 19.6. The van der Waals surface area contributed by atoms with Crippen molar-refractivity contribution in [3.05, 3.63) is 71.8 Å². The van der Waals surface area contributed by atoms with Crippen molar-refractivity contribution in [2.24, 2.45) is 0 Å². The molecule has 0 atom stereocenters. The minimum atomic E-state index is -0.149. The first-order valence-corrected chi connectivity index (χ1v) is 12.3. The van der Waals surface area contributed by atoms with Gasteiger partial charge in [0.15, 0.2) is 5.13 Å². The molecule has 0 unspecified atom stereocenters. The van der Waals surface area contributed by atoms with Crippen molar-refractivity contribution in [3.63, 3.8) is 0 Å². The lowest BCUT2D eigenvalue weighted by atomic mass is 10.0. The normalized spacial score (nSPS) is 14.0. The van der Waals surface area contributed by atoms with Crippen LogP contribution in [0.15, 0.2) is 54.9 Å². The number of hydrogen-bond donors (Lipinski definition) is 1. The summed E-state index contributed by atoms with van der Waals surface area (Å²) in [5.74, 6) is 0. The van der Waals surface area contributed by atoms with Crippen LogP contribution in [0.3, 0.4) is 0 Å². The smallest absolute Gasteiger partial charge is 0.323 e. The molecule has 0 spiro atoms. The molecule has 0 radical (unpaired) electrons. The Morgan fingerprint density at radius 2 is 1.86 bits per heavy atom. The molecule has 4 heterocycles. The Balaban J connectivity index is 1.41. The van der Waals surface area contributed by atoms with Crippen molar-refractivity contribution >= 4 is 22.5 Å². The highest BCUT2D eigenvalue weighted by molar-refractivity contribution is 7.19. The average molecular weight is 484 g/mol. The summed E-state index contributed by atoms with van der Waals surface area (Å²) in [5.41, 5.74) is 4.96. The SMILES string of the molecule is Cc1cc(-c2sc(NC(=O)N3CCC(n4cccn4)CC3)nc2-c2cccc(C#N)c2)cc(C)n1.